The number of halogens is 1. The summed E-state index contributed by atoms with van der Waals surface area (Å²) in [6.07, 6.45) is 5.54. The zero-order valence-corrected chi connectivity index (χ0v) is 12.1. The fourth-order valence-corrected chi connectivity index (χ4v) is 2.37. The molecule has 1 heterocycles. The maximum Gasteiger partial charge on any atom is 0.0478 e. The molecular weight excluding hydrogens is 323 g/mol. The first-order valence-corrected chi connectivity index (χ1v) is 7.00. The van der Waals surface area contributed by atoms with Crippen LogP contribution in [0.5, 0.6) is 0 Å². The van der Waals surface area contributed by atoms with E-state index < -0.39 is 0 Å². The van der Waals surface area contributed by atoms with Crippen LogP contribution in [0.15, 0.2) is 42.7 Å². The average molecular weight is 340 g/mol. The molecule has 0 fully saturated rings. The van der Waals surface area contributed by atoms with E-state index >= 15 is 0 Å². The number of nitrogens with zero attached hydrogens (tertiary/aromatic N) is 1. The lowest BCUT2D eigenvalue weighted by Gasteiger charge is -2.07. The Balaban J connectivity index is 1.95. The summed E-state index contributed by atoms with van der Waals surface area (Å²) in [5.74, 6) is 0. The van der Waals surface area contributed by atoms with Crippen molar-refractivity contribution < 1.29 is 0 Å². The van der Waals surface area contributed by atoms with Crippen LogP contribution in [-0.2, 0) is 13.1 Å². The van der Waals surface area contributed by atoms with Crippen LogP contribution in [-0.4, -0.2) is 4.57 Å². The predicted octanol–water partition coefficient (Wildman–Crippen LogP) is 4.11. The number of benzene rings is 1. The van der Waals surface area contributed by atoms with Crippen LogP contribution in [0.4, 0.5) is 5.69 Å². The van der Waals surface area contributed by atoms with Gasteiger partial charge >= 0.3 is 0 Å². The van der Waals surface area contributed by atoms with Crippen molar-refractivity contribution in [2.45, 2.75) is 26.4 Å². The van der Waals surface area contributed by atoms with Crippen LogP contribution in [0.1, 0.15) is 18.9 Å². The molecule has 0 spiro atoms. The maximum absolute atomic E-state index is 3.46. The van der Waals surface area contributed by atoms with E-state index in [2.05, 4.69) is 82.1 Å². The van der Waals surface area contributed by atoms with Crippen molar-refractivity contribution in [1.82, 2.24) is 4.57 Å². The SMILES string of the molecule is CCCn1ccc(CNc2ccccc2I)c1. The standard InChI is InChI=1S/C14H17IN2/c1-2-8-17-9-7-12(11-17)10-16-14-6-4-3-5-13(14)15/h3-7,9,11,16H,2,8,10H2,1H3. The highest BCUT2D eigenvalue weighted by Crippen LogP contribution is 2.17. The number of nitrogens with one attached hydrogen (secondary N) is 1. The fraction of sp³-hybridized carbons (Fsp3) is 0.286. The zero-order valence-electron chi connectivity index (χ0n) is 9.99. The van der Waals surface area contributed by atoms with Gasteiger partial charge in [0.2, 0.25) is 0 Å². The highest BCUT2D eigenvalue weighted by molar-refractivity contribution is 14.1. The van der Waals surface area contributed by atoms with Gasteiger partial charge in [-0.3, -0.25) is 0 Å². The van der Waals surface area contributed by atoms with Crippen molar-refractivity contribution in [2.75, 3.05) is 5.32 Å². The molecule has 1 aromatic carbocycles. The monoisotopic (exact) mass is 340 g/mol. The van der Waals surface area contributed by atoms with Gasteiger partial charge in [-0.25, -0.2) is 0 Å². The van der Waals surface area contributed by atoms with E-state index in [0.717, 1.165) is 13.1 Å². The Bertz CT molecular complexity index is 477. The topological polar surface area (TPSA) is 17.0 Å². The number of hydrogen-bond acceptors (Lipinski definition) is 1. The summed E-state index contributed by atoms with van der Waals surface area (Å²) >= 11 is 2.35. The van der Waals surface area contributed by atoms with Crippen molar-refractivity contribution in [3.63, 3.8) is 0 Å². The lowest BCUT2D eigenvalue weighted by atomic mass is 10.3. The number of hydrogen-bond donors (Lipinski definition) is 1. The quantitative estimate of drug-likeness (QED) is 0.811. The molecule has 90 valence electrons. The highest BCUT2D eigenvalue weighted by atomic mass is 127. The second-order valence-corrected chi connectivity index (χ2v) is 5.25. The first-order chi connectivity index (χ1) is 8.29. The van der Waals surface area contributed by atoms with Gasteiger partial charge in [0.15, 0.2) is 0 Å². The molecule has 2 nitrogen and oxygen atoms in total. The highest BCUT2D eigenvalue weighted by Gasteiger charge is 1.99. The van der Waals surface area contributed by atoms with E-state index in [-0.39, 0.29) is 0 Å². The van der Waals surface area contributed by atoms with Gasteiger partial charge in [0, 0.05) is 34.7 Å². The Morgan fingerprint density at radius 1 is 1.24 bits per heavy atom. The van der Waals surface area contributed by atoms with Crippen LogP contribution in [0.25, 0.3) is 0 Å². The lowest BCUT2D eigenvalue weighted by molar-refractivity contribution is 0.681. The molecule has 2 rings (SSSR count). The molecule has 0 amide bonds. The van der Waals surface area contributed by atoms with Gasteiger partial charge in [-0.15, -0.1) is 0 Å². The third-order valence-corrected chi connectivity index (χ3v) is 3.59. The summed E-state index contributed by atoms with van der Waals surface area (Å²) in [6, 6.07) is 10.5. The van der Waals surface area contributed by atoms with Gasteiger partial charge in [0.25, 0.3) is 0 Å². The third kappa shape index (κ3) is 3.49. The number of para-hydroxylation sites is 1. The van der Waals surface area contributed by atoms with Gasteiger partial charge in [-0.05, 0) is 52.8 Å². The first kappa shape index (κ1) is 12.5. The van der Waals surface area contributed by atoms with E-state index in [1.165, 1.54) is 21.2 Å². The van der Waals surface area contributed by atoms with Crippen LogP contribution in [0.3, 0.4) is 0 Å². The Hall–Kier alpha value is -0.970. The number of rotatable bonds is 5. The van der Waals surface area contributed by atoms with Crippen LogP contribution in [0.2, 0.25) is 0 Å². The second kappa shape index (κ2) is 6.10. The number of anilines is 1. The molecule has 0 radical (unpaired) electrons. The minimum Gasteiger partial charge on any atom is -0.380 e. The second-order valence-electron chi connectivity index (χ2n) is 4.09. The average Bonchev–Trinajstić information content (AvgIpc) is 2.76. The van der Waals surface area contributed by atoms with E-state index in [0.29, 0.717) is 0 Å². The molecule has 0 aliphatic rings. The molecule has 0 unspecified atom stereocenters. The summed E-state index contributed by atoms with van der Waals surface area (Å²) < 4.78 is 3.51. The Morgan fingerprint density at radius 3 is 2.82 bits per heavy atom. The smallest absolute Gasteiger partial charge is 0.0478 e. The summed E-state index contributed by atoms with van der Waals surface area (Å²) in [5, 5.41) is 3.46. The molecule has 0 saturated heterocycles. The van der Waals surface area contributed by atoms with Crippen LogP contribution in [0, 0.1) is 3.57 Å². The molecule has 2 aromatic rings. The summed E-state index contributed by atoms with van der Waals surface area (Å²) in [7, 11) is 0. The van der Waals surface area contributed by atoms with Gasteiger partial charge < -0.3 is 9.88 Å². The van der Waals surface area contributed by atoms with Crippen molar-refractivity contribution >= 4 is 28.3 Å². The van der Waals surface area contributed by atoms with E-state index in [1.54, 1.807) is 0 Å². The Labute approximate surface area is 116 Å². The third-order valence-electron chi connectivity index (χ3n) is 2.65. The molecule has 0 bridgehead atoms. The minimum absolute atomic E-state index is 0.886. The molecule has 0 aliphatic carbocycles. The Morgan fingerprint density at radius 2 is 2.06 bits per heavy atom. The molecule has 1 N–H and O–H groups in total. The molecule has 0 aliphatic heterocycles. The zero-order chi connectivity index (χ0) is 12.1. The summed E-state index contributed by atoms with van der Waals surface area (Å²) in [6.45, 7) is 4.18. The predicted molar refractivity (Wildman–Crippen MR) is 81.2 cm³/mol. The van der Waals surface area contributed by atoms with Crippen LogP contribution < -0.4 is 5.32 Å². The van der Waals surface area contributed by atoms with E-state index in [1.807, 2.05) is 0 Å². The van der Waals surface area contributed by atoms with Gasteiger partial charge in [-0.1, -0.05) is 19.1 Å². The minimum atomic E-state index is 0.886. The van der Waals surface area contributed by atoms with Crippen molar-refractivity contribution in [1.29, 1.82) is 0 Å². The molecule has 1 aromatic heterocycles. The molecule has 17 heavy (non-hydrogen) atoms. The lowest BCUT2D eigenvalue weighted by Crippen LogP contribution is -2.00. The summed E-state index contributed by atoms with van der Waals surface area (Å²) in [5.41, 5.74) is 2.54. The molecular formula is C14H17IN2. The van der Waals surface area contributed by atoms with Crippen molar-refractivity contribution in [3.05, 3.63) is 51.9 Å². The van der Waals surface area contributed by atoms with Crippen LogP contribution >= 0.6 is 22.6 Å². The first-order valence-electron chi connectivity index (χ1n) is 5.92. The largest absolute Gasteiger partial charge is 0.380 e. The van der Waals surface area contributed by atoms with Gasteiger partial charge in [0.05, 0.1) is 0 Å². The van der Waals surface area contributed by atoms with E-state index in [9.17, 15) is 0 Å². The van der Waals surface area contributed by atoms with Gasteiger partial charge in [0.1, 0.15) is 0 Å². The van der Waals surface area contributed by atoms with Crippen molar-refractivity contribution in [2.24, 2.45) is 0 Å². The maximum atomic E-state index is 3.46. The van der Waals surface area contributed by atoms with E-state index in [4.69, 9.17) is 0 Å². The number of aryl methyl sites for hydroxylation is 1. The molecule has 0 saturated carbocycles. The molecule has 3 heteroatoms. The van der Waals surface area contributed by atoms with Crippen molar-refractivity contribution in [3.8, 4) is 0 Å². The summed E-state index contributed by atoms with van der Waals surface area (Å²) in [4.78, 5) is 0. The normalized spacial score (nSPS) is 10.5. The number of aromatic nitrogens is 1. The van der Waals surface area contributed by atoms with Gasteiger partial charge in [-0.2, -0.15) is 0 Å². The fourth-order valence-electron chi connectivity index (χ4n) is 1.79. The molecule has 0 atom stereocenters. The Kier molecular flexibility index (Phi) is 4.48.